The van der Waals surface area contributed by atoms with Crippen molar-refractivity contribution in [3.05, 3.63) is 63.6 Å². The van der Waals surface area contributed by atoms with Gasteiger partial charge in [0.1, 0.15) is 11.5 Å². The predicted octanol–water partition coefficient (Wildman–Crippen LogP) is 5.66. The van der Waals surface area contributed by atoms with Gasteiger partial charge in [-0.2, -0.15) is 17.5 Å². The minimum absolute atomic E-state index is 0.0452. The number of halogens is 5. The number of benzene rings is 2. The van der Waals surface area contributed by atoms with Gasteiger partial charge in [-0.3, -0.25) is 9.69 Å². The van der Waals surface area contributed by atoms with Crippen LogP contribution in [0.1, 0.15) is 43.2 Å². The van der Waals surface area contributed by atoms with Gasteiger partial charge in [0.25, 0.3) is 0 Å². The Balaban J connectivity index is 1.21. The van der Waals surface area contributed by atoms with Crippen LogP contribution in [0.25, 0.3) is 0 Å². The number of rotatable bonds is 13. The Labute approximate surface area is 273 Å². The Morgan fingerprint density at radius 3 is 2.31 bits per heavy atom. The average Bonchev–Trinajstić information content (AvgIpc) is 3.00. The number of likely N-dealkylation sites (N-methyl/N-ethyl adjacent to an activating group) is 1. The normalized spacial score (nSPS) is 20.7. The number of hydrogen-bond acceptors (Lipinski definition) is 6. The van der Waals surface area contributed by atoms with Crippen LogP contribution in [0.2, 0.25) is 10.0 Å². The molecule has 1 N–H and O–H groups in total. The third-order valence-electron chi connectivity index (χ3n) is 8.54. The highest BCUT2D eigenvalue weighted by Crippen LogP contribution is 2.38. The van der Waals surface area contributed by atoms with Gasteiger partial charge in [0.2, 0.25) is 15.9 Å². The molecule has 0 bridgehead atoms. The number of ether oxygens (including phenoxy) is 2. The van der Waals surface area contributed by atoms with Crippen LogP contribution in [0.5, 0.6) is 0 Å². The second-order valence-corrected chi connectivity index (χ2v) is 14.4. The lowest BCUT2D eigenvalue weighted by Gasteiger charge is -2.42. The van der Waals surface area contributed by atoms with E-state index in [9.17, 15) is 26.4 Å². The summed E-state index contributed by atoms with van der Waals surface area (Å²) in [5.41, 5.74) is 0.189. The van der Waals surface area contributed by atoms with Gasteiger partial charge in [-0.1, -0.05) is 53.5 Å². The van der Waals surface area contributed by atoms with E-state index in [1.54, 1.807) is 0 Å². The van der Waals surface area contributed by atoms with E-state index >= 15 is 0 Å². The number of nitrogens with zero attached hydrogens (tertiary/aromatic N) is 2. The molecule has 1 aliphatic heterocycles. The van der Waals surface area contributed by atoms with Crippen LogP contribution >= 0.6 is 23.2 Å². The van der Waals surface area contributed by atoms with Crippen LogP contribution in [-0.2, 0) is 36.9 Å². The van der Waals surface area contributed by atoms with Gasteiger partial charge in [-0.05, 0) is 62.1 Å². The fourth-order valence-electron chi connectivity index (χ4n) is 6.11. The summed E-state index contributed by atoms with van der Waals surface area (Å²) in [6.45, 7) is 2.86. The molecule has 2 aromatic rings. The number of alkyl halides is 3. The van der Waals surface area contributed by atoms with Gasteiger partial charge >= 0.3 is 6.18 Å². The summed E-state index contributed by atoms with van der Waals surface area (Å²) in [7, 11) is -3.09. The molecule has 2 aliphatic rings. The van der Waals surface area contributed by atoms with Crippen molar-refractivity contribution < 1.29 is 35.9 Å². The standard InChI is InChI=1S/C31H40Cl2F3N3O5S/c1-38(45(41,42)30-26(32)19-24(20-27(30)33)31(34,35)36)13-16-44-21-29(40)37-25-10-8-23(9-11-25)28(39-14-17-43-18-15-39)12-7-22-5-3-2-4-6-22/h2-6,19-20,23,25,28H,7-18,21H2,1H3,(H,37,40). The van der Waals surface area contributed by atoms with Gasteiger partial charge in [0.15, 0.2) is 0 Å². The Kier molecular flexibility index (Phi) is 13.0. The first-order chi connectivity index (χ1) is 21.4. The molecule has 8 nitrogen and oxygen atoms in total. The van der Waals surface area contributed by atoms with Crippen LogP contribution < -0.4 is 5.32 Å². The number of carbonyl (C=O) groups is 1. The zero-order valence-electron chi connectivity index (χ0n) is 25.2. The Morgan fingerprint density at radius 2 is 1.71 bits per heavy atom. The summed E-state index contributed by atoms with van der Waals surface area (Å²) in [4.78, 5) is 14.5. The summed E-state index contributed by atoms with van der Waals surface area (Å²) in [5, 5.41) is 1.77. The van der Waals surface area contributed by atoms with E-state index in [4.69, 9.17) is 32.7 Å². The van der Waals surface area contributed by atoms with E-state index in [1.165, 1.54) is 12.6 Å². The molecule has 0 spiro atoms. The Bertz CT molecular complexity index is 1350. The molecule has 250 valence electrons. The molecular weight excluding hydrogens is 654 g/mol. The quantitative estimate of drug-likeness (QED) is 0.273. The van der Waals surface area contributed by atoms with Crippen LogP contribution in [0, 0.1) is 5.92 Å². The first-order valence-corrected chi connectivity index (χ1v) is 17.3. The van der Waals surface area contributed by atoms with Crippen molar-refractivity contribution in [1.29, 1.82) is 0 Å². The highest BCUT2D eigenvalue weighted by molar-refractivity contribution is 7.89. The van der Waals surface area contributed by atoms with Gasteiger partial charge < -0.3 is 14.8 Å². The molecule has 2 fully saturated rings. The van der Waals surface area contributed by atoms with Crippen LogP contribution in [-0.4, -0.2) is 88.7 Å². The van der Waals surface area contributed by atoms with E-state index in [2.05, 4.69) is 34.5 Å². The third-order valence-corrected chi connectivity index (χ3v) is 11.3. The van der Waals surface area contributed by atoms with E-state index in [0.717, 1.165) is 69.1 Å². The molecule has 1 amide bonds. The zero-order valence-corrected chi connectivity index (χ0v) is 27.5. The lowest BCUT2D eigenvalue weighted by molar-refractivity contribution is -0.137. The molecule has 1 aliphatic carbocycles. The maximum absolute atomic E-state index is 13.0. The van der Waals surface area contributed by atoms with Gasteiger partial charge in [-0.25, -0.2) is 8.42 Å². The van der Waals surface area contributed by atoms with E-state index < -0.39 is 36.7 Å². The lowest BCUT2D eigenvalue weighted by Crippen LogP contribution is -2.49. The molecule has 1 saturated heterocycles. The lowest BCUT2D eigenvalue weighted by atomic mass is 9.79. The minimum Gasteiger partial charge on any atom is -0.379 e. The van der Waals surface area contributed by atoms with Crippen molar-refractivity contribution in [2.75, 3.05) is 53.1 Å². The van der Waals surface area contributed by atoms with Crippen molar-refractivity contribution in [1.82, 2.24) is 14.5 Å². The summed E-state index contributed by atoms with van der Waals surface area (Å²) < 4.78 is 76.9. The van der Waals surface area contributed by atoms with Crippen molar-refractivity contribution in [2.45, 2.75) is 61.7 Å². The van der Waals surface area contributed by atoms with Crippen LogP contribution in [0.15, 0.2) is 47.4 Å². The number of carbonyl (C=O) groups excluding carboxylic acids is 1. The fraction of sp³-hybridized carbons (Fsp3) is 0.581. The topological polar surface area (TPSA) is 88.2 Å². The molecular formula is C31H40Cl2F3N3O5S. The van der Waals surface area contributed by atoms with Gasteiger partial charge in [0.05, 0.1) is 35.4 Å². The van der Waals surface area contributed by atoms with Crippen molar-refractivity contribution in [3.8, 4) is 0 Å². The molecule has 0 aromatic heterocycles. The number of sulfonamides is 1. The zero-order chi connectivity index (χ0) is 32.6. The van der Waals surface area contributed by atoms with Crippen LogP contribution in [0.4, 0.5) is 13.2 Å². The van der Waals surface area contributed by atoms with E-state index in [-0.39, 0.29) is 31.7 Å². The number of amides is 1. The highest BCUT2D eigenvalue weighted by atomic mass is 35.5. The van der Waals surface area contributed by atoms with E-state index in [1.807, 2.05) is 6.07 Å². The molecule has 4 rings (SSSR count). The number of morpholine rings is 1. The minimum atomic E-state index is -4.73. The molecule has 14 heteroatoms. The fourth-order valence-corrected chi connectivity index (χ4v) is 8.42. The first-order valence-electron chi connectivity index (χ1n) is 15.1. The molecule has 1 unspecified atom stereocenters. The summed E-state index contributed by atoms with van der Waals surface area (Å²) in [5.74, 6) is 0.256. The molecule has 1 saturated carbocycles. The number of hydrogen-bond donors (Lipinski definition) is 1. The SMILES string of the molecule is CN(CCOCC(=O)NC1CCC(C(CCc2ccccc2)N2CCOCC2)CC1)S(=O)(=O)c1c(Cl)cc(C(F)(F)F)cc1Cl. The Morgan fingerprint density at radius 1 is 1.09 bits per heavy atom. The largest absolute Gasteiger partial charge is 0.416 e. The van der Waals surface area contributed by atoms with Gasteiger partial charge in [0, 0.05) is 38.8 Å². The van der Waals surface area contributed by atoms with Crippen LogP contribution in [0.3, 0.4) is 0 Å². The summed E-state index contributed by atoms with van der Waals surface area (Å²) >= 11 is 11.8. The van der Waals surface area contributed by atoms with Crippen molar-refractivity contribution in [3.63, 3.8) is 0 Å². The van der Waals surface area contributed by atoms with Crippen molar-refractivity contribution >= 4 is 39.1 Å². The van der Waals surface area contributed by atoms with Gasteiger partial charge in [-0.15, -0.1) is 0 Å². The van der Waals surface area contributed by atoms with E-state index in [0.29, 0.717) is 24.1 Å². The molecule has 2 aromatic carbocycles. The molecule has 0 radical (unpaired) electrons. The third kappa shape index (κ3) is 10.0. The second-order valence-electron chi connectivity index (χ2n) is 11.6. The maximum Gasteiger partial charge on any atom is 0.416 e. The monoisotopic (exact) mass is 693 g/mol. The number of aryl methyl sites for hydroxylation is 1. The summed E-state index contributed by atoms with van der Waals surface area (Å²) in [6, 6.07) is 12.1. The Hall–Kier alpha value is -1.93. The predicted molar refractivity (Wildman–Crippen MR) is 167 cm³/mol. The average molecular weight is 695 g/mol. The first kappa shape index (κ1) is 35.9. The highest BCUT2D eigenvalue weighted by Gasteiger charge is 2.35. The molecule has 45 heavy (non-hydrogen) atoms. The number of nitrogens with one attached hydrogen (secondary N) is 1. The second kappa shape index (κ2) is 16.3. The smallest absolute Gasteiger partial charge is 0.379 e. The summed E-state index contributed by atoms with van der Waals surface area (Å²) in [6.07, 6.45) is 1.15. The molecule has 1 heterocycles. The van der Waals surface area contributed by atoms with Crippen molar-refractivity contribution in [2.24, 2.45) is 5.92 Å². The maximum atomic E-state index is 13.0. The molecule has 1 atom stereocenters.